The van der Waals surface area contributed by atoms with E-state index < -0.39 is 0 Å². The average Bonchev–Trinajstić information content (AvgIpc) is 2.60. The highest BCUT2D eigenvalue weighted by Crippen LogP contribution is 2.32. The van der Waals surface area contributed by atoms with Crippen LogP contribution in [0.5, 0.6) is 0 Å². The number of morpholine rings is 1. The third-order valence-corrected chi connectivity index (χ3v) is 4.80. The number of anilines is 2. The first kappa shape index (κ1) is 17.4. The Morgan fingerprint density at radius 2 is 1.58 bits per heavy atom. The zero-order chi connectivity index (χ0) is 17.1. The van der Waals surface area contributed by atoms with Gasteiger partial charge >= 0.3 is 0 Å². The minimum Gasteiger partial charge on any atom is -0.378 e. The van der Waals surface area contributed by atoms with E-state index in [1.165, 1.54) is 12.1 Å². The molecule has 24 heavy (non-hydrogen) atoms. The van der Waals surface area contributed by atoms with Crippen molar-refractivity contribution in [1.82, 2.24) is 0 Å². The number of nitrogens with one attached hydrogen (secondary N) is 1. The molecule has 2 aromatic carbocycles. The Morgan fingerprint density at radius 3 is 2.25 bits per heavy atom. The third-order valence-electron chi connectivity index (χ3n) is 3.76. The molecule has 0 aromatic heterocycles. The maximum Gasteiger partial charge on any atom is 0.255 e. The molecule has 4 nitrogen and oxygen atoms in total. The van der Waals surface area contributed by atoms with E-state index in [1.54, 1.807) is 12.1 Å². The van der Waals surface area contributed by atoms with E-state index in [2.05, 4.69) is 10.2 Å². The lowest BCUT2D eigenvalue weighted by Crippen LogP contribution is -2.36. The van der Waals surface area contributed by atoms with Crippen LogP contribution in [0.3, 0.4) is 0 Å². The van der Waals surface area contributed by atoms with Crippen molar-refractivity contribution in [2.24, 2.45) is 0 Å². The summed E-state index contributed by atoms with van der Waals surface area (Å²) in [7, 11) is 0. The number of carbonyl (C=O) groups excluding carboxylic acids is 1. The summed E-state index contributed by atoms with van der Waals surface area (Å²) < 4.78 is 5.34. The second-order valence-electron chi connectivity index (χ2n) is 5.35. The Balaban J connectivity index is 1.72. The summed E-state index contributed by atoms with van der Waals surface area (Å²) in [6.07, 6.45) is 0. The van der Waals surface area contributed by atoms with Crippen molar-refractivity contribution in [3.05, 3.63) is 57.0 Å². The predicted octanol–water partition coefficient (Wildman–Crippen LogP) is 4.74. The molecule has 0 atom stereocenters. The molecule has 1 heterocycles. The summed E-state index contributed by atoms with van der Waals surface area (Å²) in [6.45, 7) is 3.14. The van der Waals surface area contributed by atoms with Crippen LogP contribution in [0.2, 0.25) is 15.1 Å². The summed E-state index contributed by atoms with van der Waals surface area (Å²) in [6, 6.07) is 10.5. The van der Waals surface area contributed by atoms with E-state index in [0.29, 0.717) is 26.3 Å². The molecule has 0 unspecified atom stereocenters. The van der Waals surface area contributed by atoms with Crippen LogP contribution in [0.1, 0.15) is 10.4 Å². The predicted molar refractivity (Wildman–Crippen MR) is 98.9 cm³/mol. The van der Waals surface area contributed by atoms with Crippen LogP contribution in [0.15, 0.2) is 36.4 Å². The lowest BCUT2D eigenvalue weighted by molar-refractivity contribution is 0.102. The molecule has 0 spiro atoms. The molecule has 0 aliphatic carbocycles. The first-order chi connectivity index (χ1) is 11.5. The second kappa shape index (κ2) is 7.62. The van der Waals surface area contributed by atoms with Crippen molar-refractivity contribution in [3.8, 4) is 0 Å². The van der Waals surface area contributed by atoms with Crippen molar-refractivity contribution in [3.63, 3.8) is 0 Å². The third kappa shape index (κ3) is 3.95. The van der Waals surface area contributed by atoms with Crippen molar-refractivity contribution in [2.75, 3.05) is 36.5 Å². The number of halogens is 3. The number of benzene rings is 2. The topological polar surface area (TPSA) is 41.6 Å². The van der Waals surface area contributed by atoms with Crippen LogP contribution in [0.25, 0.3) is 0 Å². The van der Waals surface area contributed by atoms with Crippen LogP contribution in [0, 0.1) is 0 Å². The molecule has 2 aromatic rings. The van der Waals surface area contributed by atoms with Gasteiger partial charge in [-0.25, -0.2) is 0 Å². The molecule has 7 heteroatoms. The lowest BCUT2D eigenvalue weighted by atomic mass is 10.1. The quantitative estimate of drug-likeness (QED) is 0.776. The maximum atomic E-state index is 12.4. The molecular weight excluding hydrogens is 371 g/mol. The van der Waals surface area contributed by atoms with Gasteiger partial charge in [-0.05, 0) is 36.4 Å². The van der Waals surface area contributed by atoms with Crippen LogP contribution in [0.4, 0.5) is 11.4 Å². The van der Waals surface area contributed by atoms with Crippen molar-refractivity contribution in [1.29, 1.82) is 0 Å². The Kier molecular flexibility index (Phi) is 5.51. The highest BCUT2D eigenvalue weighted by molar-refractivity contribution is 6.44. The zero-order valence-electron chi connectivity index (χ0n) is 12.7. The Hall–Kier alpha value is -1.46. The van der Waals surface area contributed by atoms with Gasteiger partial charge in [0.1, 0.15) is 0 Å². The Labute approximate surface area is 155 Å². The minimum atomic E-state index is -0.260. The smallest absolute Gasteiger partial charge is 0.255 e. The lowest BCUT2D eigenvalue weighted by Gasteiger charge is -2.28. The van der Waals surface area contributed by atoms with Gasteiger partial charge in [0.05, 0.1) is 34.0 Å². The van der Waals surface area contributed by atoms with E-state index in [0.717, 1.165) is 32.0 Å². The SMILES string of the molecule is O=C(Nc1cc(Cl)c(Cl)cc1Cl)c1ccc(N2CCOCC2)cc1. The number of nitrogens with zero attached hydrogens (tertiary/aromatic N) is 1. The largest absolute Gasteiger partial charge is 0.378 e. The molecule has 1 N–H and O–H groups in total. The maximum absolute atomic E-state index is 12.4. The normalized spacial score (nSPS) is 14.5. The molecule has 1 saturated heterocycles. The molecule has 0 saturated carbocycles. The summed E-state index contributed by atoms with van der Waals surface area (Å²) >= 11 is 17.9. The average molecular weight is 386 g/mol. The summed E-state index contributed by atoms with van der Waals surface area (Å²) in [4.78, 5) is 14.6. The summed E-state index contributed by atoms with van der Waals surface area (Å²) in [5.41, 5.74) is 2.03. The molecule has 1 amide bonds. The molecule has 1 aliphatic rings. The number of amides is 1. The van der Waals surface area contributed by atoms with Gasteiger partial charge in [-0.2, -0.15) is 0 Å². The molecular formula is C17H15Cl3N2O2. The van der Waals surface area contributed by atoms with Crippen molar-refractivity contribution < 1.29 is 9.53 Å². The molecule has 3 rings (SSSR count). The highest BCUT2D eigenvalue weighted by atomic mass is 35.5. The van der Waals surface area contributed by atoms with E-state index in [9.17, 15) is 4.79 Å². The molecule has 1 aliphatic heterocycles. The van der Waals surface area contributed by atoms with E-state index in [4.69, 9.17) is 39.5 Å². The van der Waals surface area contributed by atoms with E-state index in [1.807, 2.05) is 12.1 Å². The van der Waals surface area contributed by atoms with Gasteiger partial charge in [0.25, 0.3) is 5.91 Å². The van der Waals surface area contributed by atoms with Gasteiger partial charge < -0.3 is 15.0 Å². The fourth-order valence-corrected chi connectivity index (χ4v) is 3.05. The number of ether oxygens (including phenoxy) is 1. The molecule has 1 fully saturated rings. The first-order valence-electron chi connectivity index (χ1n) is 7.43. The van der Waals surface area contributed by atoms with E-state index >= 15 is 0 Å². The zero-order valence-corrected chi connectivity index (χ0v) is 15.0. The van der Waals surface area contributed by atoms with Gasteiger partial charge in [-0.15, -0.1) is 0 Å². The van der Waals surface area contributed by atoms with Gasteiger partial charge in [-0.3, -0.25) is 4.79 Å². The standard InChI is InChI=1S/C17H15Cl3N2O2/c18-13-9-15(20)16(10-14(13)19)21-17(23)11-1-3-12(4-2-11)22-5-7-24-8-6-22/h1-4,9-10H,5-8H2,(H,21,23). The van der Waals surface area contributed by atoms with Crippen molar-refractivity contribution in [2.45, 2.75) is 0 Å². The van der Waals surface area contributed by atoms with Crippen molar-refractivity contribution >= 4 is 52.1 Å². The van der Waals surface area contributed by atoms with Crippen LogP contribution < -0.4 is 10.2 Å². The minimum absolute atomic E-state index is 0.260. The Morgan fingerprint density at radius 1 is 0.958 bits per heavy atom. The molecule has 126 valence electrons. The van der Waals surface area contributed by atoms with Gasteiger partial charge in [-0.1, -0.05) is 34.8 Å². The fraction of sp³-hybridized carbons (Fsp3) is 0.235. The molecule has 0 radical (unpaired) electrons. The monoisotopic (exact) mass is 384 g/mol. The van der Waals surface area contributed by atoms with Crippen LogP contribution >= 0.6 is 34.8 Å². The molecule has 0 bridgehead atoms. The number of carbonyl (C=O) groups is 1. The Bertz CT molecular complexity index is 744. The summed E-state index contributed by atoms with van der Waals surface area (Å²) in [5, 5.41) is 3.76. The van der Waals surface area contributed by atoms with Crippen LogP contribution in [-0.2, 0) is 4.74 Å². The van der Waals surface area contributed by atoms with Gasteiger partial charge in [0.2, 0.25) is 0 Å². The van der Waals surface area contributed by atoms with E-state index in [-0.39, 0.29) is 5.91 Å². The second-order valence-corrected chi connectivity index (χ2v) is 6.57. The van der Waals surface area contributed by atoms with Crippen LogP contribution in [-0.4, -0.2) is 32.2 Å². The number of rotatable bonds is 3. The summed E-state index contributed by atoms with van der Waals surface area (Å²) in [5.74, 6) is -0.260. The first-order valence-corrected chi connectivity index (χ1v) is 8.56. The number of hydrogen-bond donors (Lipinski definition) is 1. The van der Waals surface area contributed by atoms with Gasteiger partial charge in [0, 0.05) is 24.3 Å². The number of hydrogen-bond acceptors (Lipinski definition) is 3. The fourth-order valence-electron chi connectivity index (χ4n) is 2.46. The van der Waals surface area contributed by atoms with Gasteiger partial charge in [0.15, 0.2) is 0 Å². The highest BCUT2D eigenvalue weighted by Gasteiger charge is 2.14.